The average Bonchev–Trinajstić information content (AvgIpc) is 2.94. The van der Waals surface area contributed by atoms with Crippen LogP contribution in [-0.2, 0) is 24.0 Å². The quantitative estimate of drug-likeness (QED) is 0.891. The van der Waals surface area contributed by atoms with Crippen molar-refractivity contribution < 1.29 is 9.84 Å². The summed E-state index contributed by atoms with van der Waals surface area (Å²) in [6, 6.07) is 6.77. The van der Waals surface area contributed by atoms with E-state index in [1.54, 1.807) is 0 Å². The van der Waals surface area contributed by atoms with E-state index in [4.69, 9.17) is 4.74 Å². The minimum Gasteiger partial charge on any atom is -0.393 e. The maximum absolute atomic E-state index is 10.2. The van der Waals surface area contributed by atoms with Crippen LogP contribution in [0.15, 0.2) is 18.2 Å². The van der Waals surface area contributed by atoms with Crippen LogP contribution in [0.3, 0.4) is 0 Å². The molecule has 1 aliphatic carbocycles. The second-order valence-electron chi connectivity index (χ2n) is 6.38. The normalized spacial score (nSPS) is 23.6. The molecule has 110 valence electrons. The first kappa shape index (κ1) is 14.1. The molecule has 2 atom stereocenters. The van der Waals surface area contributed by atoms with Crippen molar-refractivity contribution in [1.82, 2.24) is 0 Å². The van der Waals surface area contributed by atoms with Gasteiger partial charge in [-0.15, -0.1) is 0 Å². The van der Waals surface area contributed by atoms with Gasteiger partial charge in [0.05, 0.1) is 12.2 Å². The smallest absolute Gasteiger partial charge is 0.0581 e. The van der Waals surface area contributed by atoms with Crippen LogP contribution >= 0.6 is 0 Å². The molecular weight excluding hydrogens is 248 g/mol. The summed E-state index contributed by atoms with van der Waals surface area (Å²) >= 11 is 0. The van der Waals surface area contributed by atoms with Crippen molar-refractivity contribution in [2.24, 2.45) is 0 Å². The van der Waals surface area contributed by atoms with Gasteiger partial charge in [0.2, 0.25) is 0 Å². The molecule has 0 amide bonds. The van der Waals surface area contributed by atoms with E-state index in [1.165, 1.54) is 55.2 Å². The molecule has 0 saturated carbocycles. The highest BCUT2D eigenvalue weighted by molar-refractivity contribution is 5.35. The molecule has 1 heterocycles. The molecule has 0 radical (unpaired) electrons. The second kappa shape index (κ2) is 6.73. The number of aliphatic hydroxyl groups is 1. The zero-order chi connectivity index (χ0) is 13.8. The predicted octanol–water partition coefficient (Wildman–Crippen LogP) is 3.43. The van der Waals surface area contributed by atoms with E-state index in [0.717, 1.165) is 25.9 Å². The lowest BCUT2D eigenvalue weighted by Gasteiger charge is -2.23. The number of rotatable bonds is 5. The molecule has 0 bridgehead atoms. The van der Waals surface area contributed by atoms with Crippen LogP contribution in [0, 0.1) is 0 Å². The van der Waals surface area contributed by atoms with Crippen molar-refractivity contribution in [3.05, 3.63) is 34.9 Å². The molecule has 0 aromatic heterocycles. The molecule has 1 aliphatic heterocycles. The molecule has 1 aromatic rings. The third-order valence-electron chi connectivity index (χ3n) is 4.73. The highest BCUT2D eigenvalue weighted by Gasteiger charge is 2.17. The molecule has 2 unspecified atom stereocenters. The summed E-state index contributed by atoms with van der Waals surface area (Å²) < 4.78 is 5.73. The largest absolute Gasteiger partial charge is 0.393 e. The molecule has 2 nitrogen and oxygen atoms in total. The molecule has 2 heteroatoms. The Hall–Kier alpha value is -0.860. The fourth-order valence-corrected chi connectivity index (χ4v) is 3.54. The lowest BCUT2D eigenvalue weighted by molar-refractivity contribution is 0.00234. The summed E-state index contributed by atoms with van der Waals surface area (Å²) in [6.07, 6.45) is 10.2. The molecule has 2 aliphatic rings. The van der Waals surface area contributed by atoms with Crippen LogP contribution in [0.5, 0.6) is 0 Å². The van der Waals surface area contributed by atoms with E-state index >= 15 is 0 Å². The van der Waals surface area contributed by atoms with Gasteiger partial charge in [0.25, 0.3) is 0 Å². The van der Waals surface area contributed by atoms with Gasteiger partial charge in [-0.05, 0) is 74.5 Å². The summed E-state index contributed by atoms with van der Waals surface area (Å²) in [5, 5.41) is 10.2. The van der Waals surface area contributed by atoms with E-state index in [9.17, 15) is 5.11 Å². The molecule has 0 spiro atoms. The van der Waals surface area contributed by atoms with Crippen LogP contribution in [0.4, 0.5) is 0 Å². The molecular formula is C18H26O2. The zero-order valence-electron chi connectivity index (χ0n) is 12.3. The van der Waals surface area contributed by atoms with Crippen LogP contribution in [-0.4, -0.2) is 23.9 Å². The van der Waals surface area contributed by atoms with Crippen molar-refractivity contribution in [2.75, 3.05) is 6.61 Å². The van der Waals surface area contributed by atoms with Crippen molar-refractivity contribution >= 4 is 0 Å². The summed E-state index contributed by atoms with van der Waals surface area (Å²) in [5.74, 6) is 0. The zero-order valence-corrected chi connectivity index (χ0v) is 12.3. The maximum Gasteiger partial charge on any atom is 0.0581 e. The Morgan fingerprint density at radius 1 is 1.15 bits per heavy atom. The van der Waals surface area contributed by atoms with Gasteiger partial charge in [0, 0.05) is 6.61 Å². The Bertz CT molecular complexity index is 435. The monoisotopic (exact) mass is 274 g/mol. The fraction of sp³-hybridized carbons (Fsp3) is 0.667. The predicted molar refractivity (Wildman–Crippen MR) is 81.0 cm³/mol. The van der Waals surface area contributed by atoms with Crippen LogP contribution in [0.2, 0.25) is 0 Å². The maximum atomic E-state index is 10.2. The standard InChI is InChI=1S/C18H26O2/c19-17(9-10-18-6-1-2-11-20-18)13-14-7-8-15-4-3-5-16(15)12-14/h7-8,12,17-19H,1-6,9-11,13H2. The minimum absolute atomic E-state index is 0.222. The van der Waals surface area contributed by atoms with Crippen LogP contribution in [0.1, 0.15) is 55.2 Å². The number of benzene rings is 1. The van der Waals surface area contributed by atoms with E-state index in [-0.39, 0.29) is 6.10 Å². The fourth-order valence-electron chi connectivity index (χ4n) is 3.54. The van der Waals surface area contributed by atoms with Crippen molar-refractivity contribution in [2.45, 2.75) is 70.0 Å². The molecule has 1 aromatic carbocycles. The summed E-state index contributed by atoms with van der Waals surface area (Å²) in [6.45, 7) is 0.908. The number of aryl methyl sites for hydroxylation is 2. The molecule has 20 heavy (non-hydrogen) atoms. The molecule has 1 saturated heterocycles. The first-order valence-electron chi connectivity index (χ1n) is 8.21. The Labute approximate surface area is 122 Å². The topological polar surface area (TPSA) is 29.5 Å². The molecule has 1 fully saturated rings. The van der Waals surface area contributed by atoms with E-state index in [2.05, 4.69) is 18.2 Å². The average molecular weight is 274 g/mol. The first-order valence-corrected chi connectivity index (χ1v) is 8.21. The van der Waals surface area contributed by atoms with Gasteiger partial charge in [-0.1, -0.05) is 18.2 Å². The van der Waals surface area contributed by atoms with Gasteiger partial charge >= 0.3 is 0 Å². The third kappa shape index (κ3) is 3.62. The minimum atomic E-state index is -0.222. The van der Waals surface area contributed by atoms with Gasteiger partial charge in [-0.3, -0.25) is 0 Å². The number of fused-ring (bicyclic) bond motifs is 1. The number of hydrogen-bond acceptors (Lipinski definition) is 2. The summed E-state index contributed by atoms with van der Waals surface area (Å²) in [7, 11) is 0. The number of hydrogen-bond donors (Lipinski definition) is 1. The van der Waals surface area contributed by atoms with E-state index in [0.29, 0.717) is 6.10 Å². The van der Waals surface area contributed by atoms with Crippen molar-refractivity contribution in [3.63, 3.8) is 0 Å². The highest BCUT2D eigenvalue weighted by Crippen LogP contribution is 2.24. The summed E-state index contributed by atoms with van der Waals surface area (Å²) in [4.78, 5) is 0. The Kier molecular flexibility index (Phi) is 4.74. The van der Waals surface area contributed by atoms with Crippen LogP contribution in [0.25, 0.3) is 0 Å². The van der Waals surface area contributed by atoms with E-state index < -0.39 is 0 Å². The second-order valence-corrected chi connectivity index (χ2v) is 6.38. The summed E-state index contributed by atoms with van der Waals surface area (Å²) in [5.41, 5.74) is 4.31. The lowest BCUT2D eigenvalue weighted by Crippen LogP contribution is -2.21. The Morgan fingerprint density at radius 2 is 2.05 bits per heavy atom. The van der Waals surface area contributed by atoms with Gasteiger partial charge in [-0.2, -0.15) is 0 Å². The van der Waals surface area contributed by atoms with Crippen LogP contribution < -0.4 is 0 Å². The van der Waals surface area contributed by atoms with Gasteiger partial charge < -0.3 is 9.84 Å². The SMILES string of the molecule is OC(CCC1CCCCO1)Cc1ccc2c(c1)CCC2. The molecule has 1 N–H and O–H groups in total. The van der Waals surface area contributed by atoms with Gasteiger partial charge in [0.15, 0.2) is 0 Å². The Morgan fingerprint density at radius 3 is 2.90 bits per heavy atom. The lowest BCUT2D eigenvalue weighted by atomic mass is 9.97. The van der Waals surface area contributed by atoms with Crippen molar-refractivity contribution in [3.8, 4) is 0 Å². The Balaban J connectivity index is 1.47. The number of aliphatic hydroxyl groups excluding tert-OH is 1. The number of ether oxygens (including phenoxy) is 1. The van der Waals surface area contributed by atoms with Gasteiger partial charge in [-0.25, -0.2) is 0 Å². The third-order valence-corrected chi connectivity index (χ3v) is 4.73. The molecule has 3 rings (SSSR count). The highest BCUT2D eigenvalue weighted by atomic mass is 16.5. The van der Waals surface area contributed by atoms with Crippen molar-refractivity contribution in [1.29, 1.82) is 0 Å². The van der Waals surface area contributed by atoms with Gasteiger partial charge in [0.1, 0.15) is 0 Å². The first-order chi connectivity index (χ1) is 9.81. The van der Waals surface area contributed by atoms with E-state index in [1.807, 2.05) is 0 Å².